The van der Waals surface area contributed by atoms with Crippen molar-refractivity contribution in [1.29, 1.82) is 0 Å². The fourth-order valence-electron chi connectivity index (χ4n) is 3.23. The minimum Gasteiger partial charge on any atom is -0.294 e. The summed E-state index contributed by atoms with van der Waals surface area (Å²) in [5.74, 6) is 1.75. The highest BCUT2D eigenvalue weighted by molar-refractivity contribution is 8.00. The summed E-state index contributed by atoms with van der Waals surface area (Å²) >= 11 is 3.54. The van der Waals surface area contributed by atoms with Crippen molar-refractivity contribution >= 4 is 29.3 Å². The van der Waals surface area contributed by atoms with Crippen LogP contribution < -0.4 is 0 Å². The van der Waals surface area contributed by atoms with Crippen molar-refractivity contribution in [2.24, 2.45) is 5.92 Å². The van der Waals surface area contributed by atoms with E-state index in [0.717, 1.165) is 17.1 Å². The maximum atomic E-state index is 13.4. The first-order valence-corrected chi connectivity index (χ1v) is 12.7. The Hall–Kier alpha value is -1.97. The van der Waals surface area contributed by atoms with Gasteiger partial charge in [0.25, 0.3) is 0 Å². The quantitative estimate of drug-likeness (QED) is 0.257. The van der Waals surface area contributed by atoms with Gasteiger partial charge in [-0.05, 0) is 49.1 Å². The molecule has 0 bridgehead atoms. The molecule has 3 aromatic carbocycles. The van der Waals surface area contributed by atoms with Gasteiger partial charge in [0.1, 0.15) is 0 Å². The van der Waals surface area contributed by atoms with Crippen LogP contribution in [0.3, 0.4) is 0 Å². The molecule has 0 radical (unpaired) electrons. The van der Waals surface area contributed by atoms with Gasteiger partial charge in [-0.15, -0.1) is 23.5 Å². The van der Waals surface area contributed by atoms with Gasteiger partial charge >= 0.3 is 0 Å². The molecule has 0 amide bonds. The molecule has 0 unspecified atom stereocenters. The molecule has 0 atom stereocenters. The average molecular weight is 449 g/mol. The third-order valence-corrected chi connectivity index (χ3v) is 7.70. The predicted octanol–water partition coefficient (Wildman–Crippen LogP) is 7.98. The summed E-state index contributed by atoms with van der Waals surface area (Å²) in [6.45, 7) is 10.8. The molecule has 162 valence electrons. The van der Waals surface area contributed by atoms with E-state index < -0.39 is 0 Å². The molecule has 0 saturated heterocycles. The highest BCUT2D eigenvalue weighted by Crippen LogP contribution is 2.29. The van der Waals surface area contributed by atoms with E-state index in [-0.39, 0.29) is 17.1 Å². The van der Waals surface area contributed by atoms with Gasteiger partial charge in [0.15, 0.2) is 5.78 Å². The van der Waals surface area contributed by atoms with Gasteiger partial charge in [-0.1, -0.05) is 80.4 Å². The van der Waals surface area contributed by atoms with E-state index in [2.05, 4.69) is 95.3 Å². The number of rotatable bonds is 8. The predicted molar refractivity (Wildman–Crippen MR) is 137 cm³/mol. The van der Waals surface area contributed by atoms with Gasteiger partial charge in [-0.3, -0.25) is 4.79 Å². The first-order valence-electron chi connectivity index (χ1n) is 10.8. The van der Waals surface area contributed by atoms with Crippen LogP contribution in [0.25, 0.3) is 0 Å². The fourth-order valence-corrected chi connectivity index (χ4v) is 5.36. The van der Waals surface area contributed by atoms with Crippen molar-refractivity contribution in [3.05, 3.63) is 95.1 Å². The molecule has 0 aliphatic heterocycles. The smallest absolute Gasteiger partial charge is 0.167 e. The van der Waals surface area contributed by atoms with Crippen LogP contribution in [0.15, 0.2) is 82.6 Å². The van der Waals surface area contributed by atoms with E-state index in [9.17, 15) is 4.79 Å². The topological polar surface area (TPSA) is 17.1 Å². The summed E-state index contributed by atoms with van der Waals surface area (Å²) in [5, 5.41) is 0. The number of benzene rings is 3. The van der Waals surface area contributed by atoms with Crippen LogP contribution in [0, 0.1) is 19.8 Å². The lowest BCUT2D eigenvalue weighted by Gasteiger charge is -2.20. The molecule has 31 heavy (non-hydrogen) atoms. The zero-order valence-corrected chi connectivity index (χ0v) is 20.8. The van der Waals surface area contributed by atoms with E-state index in [1.165, 1.54) is 26.5 Å². The molecule has 3 rings (SSSR count). The number of hydrogen-bond acceptors (Lipinski definition) is 3. The van der Waals surface area contributed by atoms with Gasteiger partial charge < -0.3 is 0 Å². The first-order chi connectivity index (χ1) is 14.7. The van der Waals surface area contributed by atoms with E-state index in [0.29, 0.717) is 0 Å². The normalized spacial score (nSPS) is 11.7. The molecule has 0 aliphatic carbocycles. The number of ketones is 1. The van der Waals surface area contributed by atoms with Crippen molar-refractivity contribution in [1.82, 2.24) is 0 Å². The van der Waals surface area contributed by atoms with Crippen molar-refractivity contribution in [2.45, 2.75) is 49.8 Å². The Kier molecular flexibility index (Phi) is 8.07. The second-order valence-electron chi connectivity index (χ2n) is 9.14. The molecule has 1 nitrogen and oxygen atoms in total. The van der Waals surface area contributed by atoms with Gasteiger partial charge in [0.05, 0.1) is 0 Å². The second kappa shape index (κ2) is 10.6. The Bertz CT molecular complexity index is 932. The Morgan fingerprint density at radius 2 is 1.13 bits per heavy atom. The summed E-state index contributed by atoms with van der Waals surface area (Å²) in [5.41, 5.74) is 4.66. The highest BCUT2D eigenvalue weighted by atomic mass is 32.2. The summed E-state index contributed by atoms with van der Waals surface area (Å²) in [7, 11) is 0. The molecule has 0 spiro atoms. The zero-order valence-electron chi connectivity index (χ0n) is 19.1. The minimum absolute atomic E-state index is 0.0434. The molecule has 3 aromatic rings. The lowest BCUT2D eigenvalue weighted by Crippen LogP contribution is -2.20. The Labute approximate surface area is 196 Å². The molecule has 0 saturated carbocycles. The molecular weight excluding hydrogens is 416 g/mol. The van der Waals surface area contributed by atoms with Gasteiger partial charge in [0, 0.05) is 32.8 Å². The number of carbonyl (C=O) groups excluding carboxylic acids is 1. The maximum absolute atomic E-state index is 13.4. The first kappa shape index (κ1) is 23.7. The van der Waals surface area contributed by atoms with Crippen molar-refractivity contribution in [2.75, 3.05) is 11.5 Å². The van der Waals surface area contributed by atoms with Gasteiger partial charge in [-0.2, -0.15) is 0 Å². The summed E-state index contributed by atoms with van der Waals surface area (Å²) < 4.78 is 0. The SMILES string of the molecule is Cc1ccc(SCC(CSc2ccc(C)cc2)C(=O)c2ccc(C(C)(C)C)cc2)cc1. The zero-order chi connectivity index (χ0) is 22.4. The van der Waals surface area contributed by atoms with Gasteiger partial charge in [-0.25, -0.2) is 0 Å². The Morgan fingerprint density at radius 3 is 1.52 bits per heavy atom. The standard InChI is InChI=1S/C28H32OS2/c1-20-6-14-25(15-7-20)30-18-23(19-31-26-16-8-21(2)9-17-26)27(29)22-10-12-24(13-11-22)28(3,4)5/h6-17,23H,18-19H2,1-5H3. The lowest BCUT2D eigenvalue weighted by atomic mass is 9.86. The monoisotopic (exact) mass is 448 g/mol. The molecule has 3 heteroatoms. The molecular formula is C28H32OS2. The largest absolute Gasteiger partial charge is 0.294 e. The summed E-state index contributed by atoms with van der Waals surface area (Å²) in [6, 6.07) is 25.3. The number of thioether (sulfide) groups is 2. The van der Waals surface area contributed by atoms with E-state index >= 15 is 0 Å². The van der Waals surface area contributed by atoms with Crippen LogP contribution in [0.4, 0.5) is 0 Å². The van der Waals surface area contributed by atoms with E-state index in [1.807, 2.05) is 12.1 Å². The fraction of sp³-hybridized carbons (Fsp3) is 0.321. The summed E-state index contributed by atoms with van der Waals surface area (Å²) in [6.07, 6.45) is 0. The molecule has 0 fully saturated rings. The Morgan fingerprint density at radius 1 is 0.710 bits per heavy atom. The van der Waals surface area contributed by atoms with Crippen LogP contribution in [-0.4, -0.2) is 17.3 Å². The Balaban J connectivity index is 1.75. The summed E-state index contributed by atoms with van der Waals surface area (Å²) in [4.78, 5) is 15.9. The molecule has 0 aliphatic rings. The lowest BCUT2D eigenvalue weighted by molar-refractivity contribution is 0.0944. The molecule has 0 aromatic heterocycles. The third kappa shape index (κ3) is 7.02. The van der Waals surface area contributed by atoms with Crippen LogP contribution in [-0.2, 0) is 5.41 Å². The van der Waals surface area contributed by atoms with Crippen molar-refractivity contribution in [3.63, 3.8) is 0 Å². The van der Waals surface area contributed by atoms with Crippen molar-refractivity contribution < 1.29 is 4.79 Å². The van der Waals surface area contributed by atoms with Crippen LogP contribution >= 0.6 is 23.5 Å². The van der Waals surface area contributed by atoms with E-state index in [1.54, 1.807) is 23.5 Å². The van der Waals surface area contributed by atoms with Crippen LogP contribution in [0.1, 0.15) is 47.8 Å². The third-order valence-electron chi connectivity index (χ3n) is 5.35. The second-order valence-corrected chi connectivity index (χ2v) is 11.3. The number of carbonyl (C=O) groups is 1. The van der Waals surface area contributed by atoms with E-state index in [4.69, 9.17) is 0 Å². The maximum Gasteiger partial charge on any atom is 0.167 e. The van der Waals surface area contributed by atoms with Crippen molar-refractivity contribution in [3.8, 4) is 0 Å². The average Bonchev–Trinajstić information content (AvgIpc) is 2.75. The molecule has 0 N–H and O–H groups in total. The van der Waals surface area contributed by atoms with Crippen LogP contribution in [0.2, 0.25) is 0 Å². The highest BCUT2D eigenvalue weighted by Gasteiger charge is 2.22. The number of aryl methyl sites for hydroxylation is 2. The van der Waals surface area contributed by atoms with Gasteiger partial charge in [0.2, 0.25) is 0 Å². The molecule has 0 heterocycles. The van der Waals surface area contributed by atoms with Crippen LogP contribution in [0.5, 0.6) is 0 Å². The number of Topliss-reactive ketones (excluding diaryl/α,β-unsaturated/α-hetero) is 1. The number of hydrogen-bond donors (Lipinski definition) is 0. The minimum atomic E-state index is -0.0434.